The lowest BCUT2D eigenvalue weighted by Crippen LogP contribution is -2.43. The molecule has 0 radical (unpaired) electrons. The van der Waals surface area contributed by atoms with E-state index < -0.39 is 8.32 Å². The standard InChI is InChI=1S/C7H17NO2Si/c1-7(9)10-11(4,5)6-8(2)3/h6H2,1-5H3. The lowest BCUT2D eigenvalue weighted by molar-refractivity contribution is -0.132. The van der Waals surface area contributed by atoms with Gasteiger partial charge < -0.3 is 9.33 Å². The molecule has 0 bridgehead atoms. The fourth-order valence-electron chi connectivity index (χ4n) is 1.18. The van der Waals surface area contributed by atoms with E-state index in [9.17, 15) is 4.79 Å². The minimum Gasteiger partial charge on any atom is -0.518 e. The van der Waals surface area contributed by atoms with Crippen LogP contribution in [0.1, 0.15) is 6.92 Å². The summed E-state index contributed by atoms with van der Waals surface area (Å²) in [6.45, 7) is 5.53. The molecule has 0 aromatic rings. The Morgan fingerprint density at radius 1 is 1.45 bits per heavy atom. The monoisotopic (exact) mass is 175 g/mol. The summed E-state index contributed by atoms with van der Waals surface area (Å²) >= 11 is 0. The molecule has 66 valence electrons. The average Bonchev–Trinajstić information content (AvgIpc) is 1.53. The highest BCUT2D eigenvalue weighted by atomic mass is 28.4. The molecule has 4 heteroatoms. The molecule has 0 aromatic heterocycles. The number of rotatable bonds is 3. The third-order valence-corrected chi connectivity index (χ3v) is 3.35. The van der Waals surface area contributed by atoms with E-state index >= 15 is 0 Å². The molecule has 0 N–H and O–H groups in total. The van der Waals surface area contributed by atoms with Gasteiger partial charge in [-0.2, -0.15) is 0 Å². The number of hydrogen-bond donors (Lipinski definition) is 0. The number of hydrogen-bond acceptors (Lipinski definition) is 3. The highest BCUT2D eigenvalue weighted by Crippen LogP contribution is 2.04. The third kappa shape index (κ3) is 6.06. The quantitative estimate of drug-likeness (QED) is 0.596. The first-order chi connectivity index (χ1) is 4.83. The summed E-state index contributed by atoms with van der Waals surface area (Å²) in [5, 5.41) is 0. The van der Waals surface area contributed by atoms with Crippen LogP contribution in [0.25, 0.3) is 0 Å². The number of nitrogens with zero attached hydrogens (tertiary/aromatic N) is 1. The topological polar surface area (TPSA) is 29.5 Å². The van der Waals surface area contributed by atoms with Crippen molar-refractivity contribution in [3.63, 3.8) is 0 Å². The maximum absolute atomic E-state index is 10.6. The van der Waals surface area contributed by atoms with Crippen LogP contribution >= 0.6 is 0 Å². The summed E-state index contributed by atoms with van der Waals surface area (Å²) in [4.78, 5) is 12.7. The second-order valence-corrected chi connectivity index (χ2v) is 7.63. The van der Waals surface area contributed by atoms with Crippen LogP contribution in [0.3, 0.4) is 0 Å². The average molecular weight is 175 g/mol. The Kier molecular flexibility index (Phi) is 3.75. The predicted octanol–water partition coefficient (Wildman–Crippen LogP) is 0.855. The second-order valence-electron chi connectivity index (χ2n) is 3.59. The van der Waals surface area contributed by atoms with Crippen LogP contribution < -0.4 is 0 Å². The fourth-order valence-corrected chi connectivity index (χ4v) is 3.55. The Labute approximate surface area is 69.5 Å². The second kappa shape index (κ2) is 3.87. The van der Waals surface area contributed by atoms with Gasteiger partial charge in [-0.1, -0.05) is 0 Å². The van der Waals surface area contributed by atoms with E-state index in [1.165, 1.54) is 6.92 Å². The molecule has 0 atom stereocenters. The number of carbonyl (C=O) groups is 1. The zero-order chi connectivity index (χ0) is 9.07. The SMILES string of the molecule is CC(=O)O[Si](C)(C)CN(C)C. The van der Waals surface area contributed by atoms with Gasteiger partial charge in [-0.3, -0.25) is 4.79 Å². The van der Waals surface area contributed by atoms with Crippen LogP contribution in [0.5, 0.6) is 0 Å². The molecular weight excluding hydrogens is 158 g/mol. The van der Waals surface area contributed by atoms with Crippen molar-refractivity contribution in [3.8, 4) is 0 Å². The first kappa shape index (κ1) is 10.6. The van der Waals surface area contributed by atoms with Crippen molar-refractivity contribution >= 4 is 14.3 Å². The lowest BCUT2D eigenvalue weighted by Gasteiger charge is -2.24. The zero-order valence-electron chi connectivity index (χ0n) is 7.97. The van der Waals surface area contributed by atoms with E-state index in [0.717, 1.165) is 6.17 Å². The van der Waals surface area contributed by atoms with Crippen LogP contribution in [-0.4, -0.2) is 39.4 Å². The van der Waals surface area contributed by atoms with Gasteiger partial charge in [0.1, 0.15) is 0 Å². The third-order valence-electron chi connectivity index (χ3n) is 1.12. The molecule has 0 aromatic carbocycles. The van der Waals surface area contributed by atoms with Crippen molar-refractivity contribution in [2.75, 3.05) is 20.3 Å². The van der Waals surface area contributed by atoms with Gasteiger partial charge in [0.15, 0.2) is 0 Å². The van der Waals surface area contributed by atoms with E-state index in [4.69, 9.17) is 4.43 Å². The van der Waals surface area contributed by atoms with E-state index in [1.54, 1.807) is 0 Å². The summed E-state index contributed by atoms with van der Waals surface area (Å²) in [6.07, 6.45) is 0.882. The molecule has 11 heavy (non-hydrogen) atoms. The lowest BCUT2D eigenvalue weighted by atomic mass is 10.9. The maximum atomic E-state index is 10.6. The smallest absolute Gasteiger partial charge is 0.289 e. The van der Waals surface area contributed by atoms with E-state index in [2.05, 4.69) is 4.90 Å². The summed E-state index contributed by atoms with van der Waals surface area (Å²) < 4.78 is 5.21. The molecule has 0 saturated carbocycles. The molecule has 0 saturated heterocycles. The van der Waals surface area contributed by atoms with Crippen molar-refractivity contribution in [1.29, 1.82) is 0 Å². The Balaban J connectivity index is 3.89. The molecule has 0 unspecified atom stereocenters. The molecule has 0 aliphatic rings. The van der Waals surface area contributed by atoms with Gasteiger partial charge >= 0.3 is 0 Å². The highest BCUT2D eigenvalue weighted by Gasteiger charge is 2.26. The van der Waals surface area contributed by atoms with Crippen LogP contribution in [0, 0.1) is 0 Å². The molecule has 0 aliphatic heterocycles. The molecule has 0 aliphatic carbocycles. The largest absolute Gasteiger partial charge is 0.518 e. The molecule has 3 nitrogen and oxygen atoms in total. The summed E-state index contributed by atoms with van der Waals surface area (Å²) in [7, 11) is 2.22. The Hall–Kier alpha value is -0.353. The molecule has 0 fully saturated rings. The van der Waals surface area contributed by atoms with Crippen LogP contribution in [0.4, 0.5) is 0 Å². The minimum atomic E-state index is -1.75. The summed E-state index contributed by atoms with van der Waals surface area (Å²) in [5.74, 6) is -0.163. The van der Waals surface area contributed by atoms with E-state index in [0.29, 0.717) is 0 Å². The first-order valence-corrected chi connectivity index (χ1v) is 6.79. The number of carbonyl (C=O) groups excluding carboxylic acids is 1. The van der Waals surface area contributed by atoms with Crippen molar-refractivity contribution in [2.24, 2.45) is 0 Å². The van der Waals surface area contributed by atoms with Crippen molar-refractivity contribution < 1.29 is 9.22 Å². The minimum absolute atomic E-state index is 0.163. The van der Waals surface area contributed by atoms with Gasteiger partial charge in [0.2, 0.25) is 0 Å². The molecule has 0 amide bonds. The van der Waals surface area contributed by atoms with Crippen molar-refractivity contribution in [3.05, 3.63) is 0 Å². The van der Waals surface area contributed by atoms with Gasteiger partial charge in [-0.25, -0.2) is 0 Å². The van der Waals surface area contributed by atoms with Crippen LogP contribution in [0.15, 0.2) is 0 Å². The highest BCUT2D eigenvalue weighted by molar-refractivity contribution is 6.72. The van der Waals surface area contributed by atoms with Crippen LogP contribution in [-0.2, 0) is 9.22 Å². The van der Waals surface area contributed by atoms with Gasteiger partial charge in [0, 0.05) is 13.1 Å². The van der Waals surface area contributed by atoms with Crippen LogP contribution in [0.2, 0.25) is 13.1 Å². The molecule has 0 heterocycles. The maximum Gasteiger partial charge on any atom is 0.289 e. The predicted molar refractivity (Wildman–Crippen MR) is 47.8 cm³/mol. The first-order valence-electron chi connectivity index (χ1n) is 3.68. The Bertz CT molecular complexity index is 145. The molecule has 0 rings (SSSR count). The van der Waals surface area contributed by atoms with Gasteiger partial charge in [-0.15, -0.1) is 0 Å². The van der Waals surface area contributed by atoms with Gasteiger partial charge in [0.25, 0.3) is 14.3 Å². The summed E-state index contributed by atoms with van der Waals surface area (Å²) in [5.41, 5.74) is 0. The van der Waals surface area contributed by atoms with E-state index in [-0.39, 0.29) is 5.97 Å². The summed E-state index contributed by atoms with van der Waals surface area (Å²) in [6, 6.07) is 0. The van der Waals surface area contributed by atoms with E-state index in [1.807, 2.05) is 27.2 Å². The van der Waals surface area contributed by atoms with Crippen molar-refractivity contribution in [2.45, 2.75) is 20.0 Å². The fraction of sp³-hybridized carbons (Fsp3) is 0.857. The van der Waals surface area contributed by atoms with Gasteiger partial charge in [0.05, 0.1) is 0 Å². The molecular formula is C7H17NO2Si. The van der Waals surface area contributed by atoms with Gasteiger partial charge in [-0.05, 0) is 27.2 Å². The molecule has 0 spiro atoms. The Morgan fingerprint density at radius 3 is 2.18 bits per heavy atom. The van der Waals surface area contributed by atoms with Crippen molar-refractivity contribution in [1.82, 2.24) is 4.90 Å². The zero-order valence-corrected chi connectivity index (χ0v) is 8.97. The normalized spacial score (nSPS) is 11.8. The Morgan fingerprint density at radius 2 is 1.91 bits per heavy atom.